The fraction of sp³-hybridized carbons (Fsp3) is 0.286. The van der Waals surface area contributed by atoms with E-state index in [2.05, 4.69) is 4.74 Å². The van der Waals surface area contributed by atoms with Crippen molar-refractivity contribution in [1.82, 2.24) is 0 Å². The van der Waals surface area contributed by atoms with Gasteiger partial charge in [-0.05, 0) is 30.0 Å². The summed E-state index contributed by atoms with van der Waals surface area (Å²) in [5, 5.41) is 9.29. The van der Waals surface area contributed by atoms with Crippen LogP contribution in [0.1, 0.15) is 24.0 Å². The van der Waals surface area contributed by atoms with Crippen molar-refractivity contribution in [2.24, 2.45) is 0 Å². The summed E-state index contributed by atoms with van der Waals surface area (Å²) in [6.07, 6.45) is 4.19. The largest absolute Gasteiger partial charge is 0.481 e. The number of ether oxygens (including phenoxy) is 1. The lowest BCUT2D eigenvalue weighted by molar-refractivity contribution is -0.140. The molecule has 0 amide bonds. The van der Waals surface area contributed by atoms with Gasteiger partial charge in [-0.2, -0.15) is 0 Å². The molecule has 1 aliphatic carbocycles. The Morgan fingerprint density at radius 1 is 1.33 bits per heavy atom. The number of hydrogen-bond donors (Lipinski definition) is 1. The minimum Gasteiger partial charge on any atom is -0.481 e. The summed E-state index contributed by atoms with van der Waals surface area (Å²) >= 11 is 0. The monoisotopic (exact) mass is 246 g/mol. The first-order valence-corrected chi connectivity index (χ1v) is 5.69. The molecule has 0 heterocycles. The molecule has 2 rings (SSSR count). The van der Waals surface area contributed by atoms with Crippen LogP contribution in [-0.4, -0.2) is 24.2 Å². The highest BCUT2D eigenvalue weighted by molar-refractivity contribution is 5.90. The van der Waals surface area contributed by atoms with Gasteiger partial charge in [0, 0.05) is 6.08 Å². The molecule has 1 fully saturated rings. The van der Waals surface area contributed by atoms with E-state index in [-0.39, 0.29) is 0 Å². The smallest absolute Gasteiger partial charge is 0.330 e. The fourth-order valence-corrected chi connectivity index (χ4v) is 2.03. The summed E-state index contributed by atoms with van der Waals surface area (Å²) in [5.41, 5.74) is 0.747. The van der Waals surface area contributed by atoms with Crippen LogP contribution in [0.5, 0.6) is 0 Å². The topological polar surface area (TPSA) is 63.6 Å². The third kappa shape index (κ3) is 2.14. The molecule has 1 N–H and O–H groups in total. The maximum Gasteiger partial charge on any atom is 0.330 e. The minimum atomic E-state index is -0.804. The zero-order valence-corrected chi connectivity index (χ0v) is 10.1. The van der Waals surface area contributed by atoms with Crippen LogP contribution in [0.2, 0.25) is 0 Å². The van der Waals surface area contributed by atoms with Crippen molar-refractivity contribution >= 4 is 18.0 Å². The van der Waals surface area contributed by atoms with E-state index in [1.54, 1.807) is 18.2 Å². The van der Waals surface area contributed by atoms with E-state index in [1.165, 1.54) is 13.2 Å². The summed E-state index contributed by atoms with van der Waals surface area (Å²) in [4.78, 5) is 22.4. The Balaban J connectivity index is 2.35. The van der Waals surface area contributed by atoms with Gasteiger partial charge in [0.05, 0.1) is 12.5 Å². The van der Waals surface area contributed by atoms with Crippen LogP contribution in [0.25, 0.3) is 6.08 Å². The summed E-state index contributed by atoms with van der Waals surface area (Å²) in [5.74, 6) is -1.26. The third-order valence-corrected chi connectivity index (χ3v) is 3.24. The molecule has 0 unspecified atom stereocenters. The van der Waals surface area contributed by atoms with Gasteiger partial charge in [-0.1, -0.05) is 24.3 Å². The molecular weight excluding hydrogens is 232 g/mol. The number of rotatable bonds is 4. The Hall–Kier alpha value is -2.10. The van der Waals surface area contributed by atoms with Gasteiger partial charge in [0.2, 0.25) is 0 Å². The Morgan fingerprint density at radius 2 is 2.00 bits per heavy atom. The van der Waals surface area contributed by atoms with Gasteiger partial charge < -0.3 is 9.84 Å². The molecule has 1 saturated carbocycles. The van der Waals surface area contributed by atoms with Crippen molar-refractivity contribution in [3.05, 3.63) is 41.5 Å². The first kappa shape index (κ1) is 12.4. The van der Waals surface area contributed by atoms with Gasteiger partial charge in [0.25, 0.3) is 0 Å². The summed E-state index contributed by atoms with van der Waals surface area (Å²) in [6, 6.07) is 7.24. The van der Waals surface area contributed by atoms with E-state index in [0.717, 1.165) is 11.1 Å². The third-order valence-electron chi connectivity index (χ3n) is 3.24. The van der Waals surface area contributed by atoms with Gasteiger partial charge in [-0.15, -0.1) is 0 Å². The molecule has 1 aromatic carbocycles. The fourth-order valence-electron chi connectivity index (χ4n) is 2.03. The van der Waals surface area contributed by atoms with Crippen molar-refractivity contribution < 1.29 is 19.4 Å². The number of hydrogen-bond acceptors (Lipinski definition) is 3. The van der Waals surface area contributed by atoms with Crippen LogP contribution >= 0.6 is 0 Å². The van der Waals surface area contributed by atoms with Crippen LogP contribution in [0.15, 0.2) is 30.3 Å². The first-order chi connectivity index (χ1) is 8.60. The Labute approximate surface area is 105 Å². The second-order valence-electron chi connectivity index (χ2n) is 4.33. The maximum atomic E-state index is 11.3. The Morgan fingerprint density at radius 3 is 2.56 bits per heavy atom. The summed E-state index contributed by atoms with van der Waals surface area (Å²) < 4.78 is 4.52. The highest BCUT2D eigenvalue weighted by Crippen LogP contribution is 2.49. The molecule has 1 aromatic rings. The number of benzene rings is 1. The first-order valence-electron chi connectivity index (χ1n) is 5.69. The zero-order valence-electron chi connectivity index (χ0n) is 10.1. The molecule has 94 valence electrons. The van der Waals surface area contributed by atoms with Gasteiger partial charge in [-0.3, -0.25) is 4.79 Å². The molecule has 0 bridgehead atoms. The van der Waals surface area contributed by atoms with Gasteiger partial charge >= 0.3 is 11.9 Å². The predicted octanol–water partition coefficient (Wildman–Crippen LogP) is 1.99. The van der Waals surface area contributed by atoms with E-state index in [9.17, 15) is 14.7 Å². The maximum absolute atomic E-state index is 11.3. The summed E-state index contributed by atoms with van der Waals surface area (Å²) in [7, 11) is 1.30. The number of carbonyl (C=O) groups is 2. The standard InChI is InChI=1S/C14H14O4/c1-18-12(15)7-6-10-4-2-3-5-11(10)14(8-9-14)13(16)17/h2-7H,8-9H2,1H3,(H,16,17). The minimum absolute atomic E-state index is 0.454. The normalized spacial score (nSPS) is 16.5. The molecule has 0 radical (unpaired) electrons. The molecule has 0 spiro atoms. The van der Waals surface area contributed by atoms with Crippen molar-refractivity contribution in [3.8, 4) is 0 Å². The van der Waals surface area contributed by atoms with E-state index in [0.29, 0.717) is 12.8 Å². The lowest BCUT2D eigenvalue weighted by atomic mass is 9.91. The second-order valence-corrected chi connectivity index (χ2v) is 4.33. The van der Waals surface area contributed by atoms with Crippen molar-refractivity contribution in [2.75, 3.05) is 7.11 Å². The molecule has 0 saturated heterocycles. The zero-order chi connectivity index (χ0) is 13.2. The number of esters is 1. The van der Waals surface area contributed by atoms with Crippen LogP contribution in [0, 0.1) is 0 Å². The highest BCUT2D eigenvalue weighted by atomic mass is 16.5. The van der Waals surface area contributed by atoms with Gasteiger partial charge in [0.1, 0.15) is 0 Å². The molecule has 0 atom stereocenters. The lowest BCUT2D eigenvalue weighted by Gasteiger charge is -2.13. The van der Waals surface area contributed by atoms with E-state index in [4.69, 9.17) is 0 Å². The number of methoxy groups -OCH3 is 1. The average molecular weight is 246 g/mol. The van der Waals surface area contributed by atoms with Crippen molar-refractivity contribution in [3.63, 3.8) is 0 Å². The van der Waals surface area contributed by atoms with Gasteiger partial charge in [-0.25, -0.2) is 4.79 Å². The molecule has 18 heavy (non-hydrogen) atoms. The number of carboxylic acids is 1. The average Bonchev–Trinajstić information content (AvgIpc) is 3.17. The molecular formula is C14H14O4. The number of aliphatic carboxylic acids is 1. The molecule has 1 aliphatic rings. The molecule has 4 nitrogen and oxygen atoms in total. The Bertz CT molecular complexity index is 512. The van der Waals surface area contributed by atoms with Crippen LogP contribution in [0.3, 0.4) is 0 Å². The molecule has 4 heteroatoms. The SMILES string of the molecule is COC(=O)C=Cc1ccccc1C1(C(=O)O)CC1. The predicted molar refractivity (Wildman–Crippen MR) is 66.0 cm³/mol. The number of carboxylic acid groups (broad SMARTS) is 1. The van der Waals surface area contributed by atoms with E-state index in [1.807, 2.05) is 12.1 Å². The molecule has 0 aromatic heterocycles. The van der Waals surface area contributed by atoms with Crippen LogP contribution < -0.4 is 0 Å². The summed E-state index contributed by atoms with van der Waals surface area (Å²) in [6.45, 7) is 0. The van der Waals surface area contributed by atoms with Gasteiger partial charge in [0.15, 0.2) is 0 Å². The highest BCUT2D eigenvalue weighted by Gasteiger charge is 2.52. The quantitative estimate of drug-likeness (QED) is 0.651. The van der Waals surface area contributed by atoms with E-state index < -0.39 is 17.4 Å². The van der Waals surface area contributed by atoms with Crippen LogP contribution in [-0.2, 0) is 19.7 Å². The Kier molecular flexibility index (Phi) is 3.19. The molecule has 0 aliphatic heterocycles. The lowest BCUT2D eigenvalue weighted by Crippen LogP contribution is -2.20. The number of carbonyl (C=O) groups excluding carboxylic acids is 1. The van der Waals surface area contributed by atoms with Crippen molar-refractivity contribution in [2.45, 2.75) is 18.3 Å². The van der Waals surface area contributed by atoms with Crippen LogP contribution in [0.4, 0.5) is 0 Å². The second kappa shape index (κ2) is 4.64. The van der Waals surface area contributed by atoms with E-state index >= 15 is 0 Å². The van der Waals surface area contributed by atoms with Crippen molar-refractivity contribution in [1.29, 1.82) is 0 Å².